The first-order valence-corrected chi connectivity index (χ1v) is 12.6. The summed E-state index contributed by atoms with van der Waals surface area (Å²) in [7, 11) is 0. The predicted molar refractivity (Wildman–Crippen MR) is 142 cm³/mol. The summed E-state index contributed by atoms with van der Waals surface area (Å²) in [6.45, 7) is 5.89. The summed E-state index contributed by atoms with van der Waals surface area (Å²) in [6.07, 6.45) is -0.656. The standard InChI is InChI=1S/C31H32O7/c1-3-10-26-27(32)29(37-18-20-11-5-4-6-12-20)28(38-26)22-15-9-16-24(31(35)36)25(22)17-19(2)21-13-7-8-14-23(21)30(33)34/h3-9,11-16,19,26-29,32H,1,10,17-18H2,2H3,(H,33,34)(H,35,36)/t19-,26+,27+,28-,29-/m1/s1. The number of carboxylic acids is 2. The first kappa shape index (κ1) is 27.3. The van der Waals surface area contributed by atoms with Crippen LogP contribution in [-0.4, -0.2) is 45.6 Å². The molecule has 3 aromatic carbocycles. The van der Waals surface area contributed by atoms with Crippen molar-refractivity contribution in [1.29, 1.82) is 0 Å². The topological polar surface area (TPSA) is 113 Å². The van der Waals surface area contributed by atoms with Gasteiger partial charge in [-0.05, 0) is 53.1 Å². The highest BCUT2D eigenvalue weighted by Gasteiger charge is 2.45. The minimum absolute atomic E-state index is 0.106. The highest BCUT2D eigenvalue weighted by atomic mass is 16.6. The smallest absolute Gasteiger partial charge is 0.335 e. The molecular formula is C31H32O7. The molecule has 1 heterocycles. The Hall–Kier alpha value is -3.78. The molecule has 1 aliphatic rings. The van der Waals surface area contributed by atoms with Crippen LogP contribution >= 0.6 is 0 Å². The Morgan fingerprint density at radius 1 is 0.974 bits per heavy atom. The monoisotopic (exact) mass is 516 g/mol. The lowest BCUT2D eigenvalue weighted by Crippen LogP contribution is -2.33. The zero-order valence-corrected chi connectivity index (χ0v) is 21.2. The third kappa shape index (κ3) is 5.86. The van der Waals surface area contributed by atoms with E-state index in [1.54, 1.807) is 42.5 Å². The maximum absolute atomic E-state index is 12.3. The van der Waals surface area contributed by atoms with E-state index in [0.717, 1.165) is 5.56 Å². The Morgan fingerprint density at radius 3 is 2.32 bits per heavy atom. The SMILES string of the molecule is C=CC[C@@H]1O[C@H](c2cccc(C(=O)O)c2C[C@@H](C)c2ccccc2C(=O)O)[C@H](OCc2ccccc2)[C@H]1O. The summed E-state index contributed by atoms with van der Waals surface area (Å²) < 4.78 is 12.5. The normalized spacial score (nSPS) is 21.6. The molecule has 1 fully saturated rings. The van der Waals surface area contributed by atoms with Crippen LogP contribution in [0.4, 0.5) is 0 Å². The number of hydrogen-bond donors (Lipinski definition) is 3. The molecule has 0 radical (unpaired) electrons. The molecule has 7 nitrogen and oxygen atoms in total. The van der Waals surface area contributed by atoms with Crippen LogP contribution in [0.15, 0.2) is 85.5 Å². The number of rotatable bonds is 11. The Labute approximate surface area is 222 Å². The fraction of sp³-hybridized carbons (Fsp3) is 0.290. The number of carboxylic acid groups (broad SMARTS) is 2. The van der Waals surface area contributed by atoms with Gasteiger partial charge in [-0.1, -0.05) is 73.7 Å². The maximum Gasteiger partial charge on any atom is 0.335 e. The second kappa shape index (κ2) is 12.2. The Kier molecular flexibility index (Phi) is 8.73. The zero-order valence-electron chi connectivity index (χ0n) is 21.2. The fourth-order valence-electron chi connectivity index (χ4n) is 5.14. The first-order chi connectivity index (χ1) is 18.3. The van der Waals surface area contributed by atoms with Gasteiger partial charge in [0, 0.05) is 0 Å². The number of carbonyl (C=O) groups is 2. The number of ether oxygens (including phenoxy) is 2. The Balaban J connectivity index is 1.73. The molecular weight excluding hydrogens is 484 g/mol. The van der Waals surface area contributed by atoms with Gasteiger partial charge in [0.05, 0.1) is 23.8 Å². The molecule has 5 atom stereocenters. The van der Waals surface area contributed by atoms with Gasteiger partial charge in [-0.2, -0.15) is 0 Å². The van der Waals surface area contributed by atoms with Gasteiger partial charge >= 0.3 is 11.9 Å². The van der Waals surface area contributed by atoms with Crippen molar-refractivity contribution in [3.8, 4) is 0 Å². The molecule has 1 aliphatic heterocycles. The van der Waals surface area contributed by atoms with Crippen LogP contribution in [0.5, 0.6) is 0 Å². The summed E-state index contributed by atoms with van der Waals surface area (Å²) >= 11 is 0. The van der Waals surface area contributed by atoms with Crippen molar-refractivity contribution in [3.05, 3.63) is 119 Å². The first-order valence-electron chi connectivity index (χ1n) is 12.6. The van der Waals surface area contributed by atoms with Crippen LogP contribution in [-0.2, 0) is 22.5 Å². The van der Waals surface area contributed by atoms with E-state index in [2.05, 4.69) is 6.58 Å². The van der Waals surface area contributed by atoms with Gasteiger partial charge in [0.25, 0.3) is 0 Å². The average Bonchev–Trinajstić information content (AvgIpc) is 3.22. The van der Waals surface area contributed by atoms with E-state index >= 15 is 0 Å². The van der Waals surface area contributed by atoms with Crippen LogP contribution in [0, 0.1) is 0 Å². The van der Waals surface area contributed by atoms with E-state index in [1.807, 2.05) is 37.3 Å². The number of benzene rings is 3. The minimum Gasteiger partial charge on any atom is -0.478 e. The van der Waals surface area contributed by atoms with Gasteiger partial charge < -0.3 is 24.8 Å². The summed E-state index contributed by atoms with van der Waals surface area (Å²) in [5.41, 5.74) is 2.96. The molecule has 3 aromatic rings. The molecule has 0 unspecified atom stereocenters. The number of hydrogen-bond acceptors (Lipinski definition) is 5. The van der Waals surface area contributed by atoms with Gasteiger partial charge in [0.15, 0.2) is 0 Å². The highest BCUT2D eigenvalue weighted by Crippen LogP contribution is 2.41. The van der Waals surface area contributed by atoms with E-state index in [-0.39, 0.29) is 30.1 Å². The van der Waals surface area contributed by atoms with E-state index in [4.69, 9.17) is 9.47 Å². The molecule has 38 heavy (non-hydrogen) atoms. The second-order valence-corrected chi connectivity index (χ2v) is 9.55. The van der Waals surface area contributed by atoms with Gasteiger partial charge in [-0.25, -0.2) is 9.59 Å². The summed E-state index contributed by atoms with van der Waals surface area (Å²) in [5, 5.41) is 30.9. The van der Waals surface area contributed by atoms with Crippen molar-refractivity contribution in [2.24, 2.45) is 0 Å². The molecule has 0 aliphatic carbocycles. The van der Waals surface area contributed by atoms with Crippen molar-refractivity contribution in [2.75, 3.05) is 0 Å². The van der Waals surface area contributed by atoms with Gasteiger partial charge in [-0.15, -0.1) is 6.58 Å². The lowest BCUT2D eigenvalue weighted by atomic mass is 9.84. The fourth-order valence-corrected chi connectivity index (χ4v) is 5.14. The number of aromatic carboxylic acids is 2. The number of aliphatic hydroxyl groups is 1. The van der Waals surface area contributed by atoms with Crippen molar-refractivity contribution in [1.82, 2.24) is 0 Å². The molecule has 0 bridgehead atoms. The van der Waals surface area contributed by atoms with E-state index < -0.39 is 36.4 Å². The molecule has 0 aromatic heterocycles. The van der Waals surface area contributed by atoms with Crippen molar-refractivity contribution >= 4 is 11.9 Å². The van der Waals surface area contributed by atoms with Crippen LogP contribution in [0.3, 0.4) is 0 Å². The third-order valence-electron chi connectivity index (χ3n) is 7.00. The quantitative estimate of drug-likeness (QED) is 0.293. The van der Waals surface area contributed by atoms with E-state index in [0.29, 0.717) is 23.1 Å². The van der Waals surface area contributed by atoms with Gasteiger partial charge in [0.2, 0.25) is 0 Å². The average molecular weight is 517 g/mol. The summed E-state index contributed by atoms with van der Waals surface area (Å²) in [6, 6.07) is 21.3. The molecule has 1 saturated heterocycles. The van der Waals surface area contributed by atoms with Crippen LogP contribution in [0.25, 0.3) is 0 Å². The molecule has 0 spiro atoms. The van der Waals surface area contributed by atoms with Crippen LogP contribution < -0.4 is 0 Å². The Bertz CT molecular complexity index is 1290. The van der Waals surface area contributed by atoms with Gasteiger partial charge in [-0.3, -0.25) is 0 Å². The second-order valence-electron chi connectivity index (χ2n) is 9.55. The zero-order chi connectivity index (χ0) is 27.2. The molecule has 7 heteroatoms. The van der Waals surface area contributed by atoms with E-state index in [1.165, 1.54) is 6.07 Å². The van der Waals surface area contributed by atoms with Crippen molar-refractivity contribution in [3.63, 3.8) is 0 Å². The van der Waals surface area contributed by atoms with Crippen LogP contribution in [0.2, 0.25) is 0 Å². The third-order valence-corrected chi connectivity index (χ3v) is 7.00. The van der Waals surface area contributed by atoms with Crippen molar-refractivity contribution < 1.29 is 34.4 Å². The van der Waals surface area contributed by atoms with Crippen LogP contribution in [0.1, 0.15) is 68.3 Å². The predicted octanol–water partition coefficient (Wildman–Crippen LogP) is 5.39. The molecule has 0 amide bonds. The molecule has 3 N–H and O–H groups in total. The molecule has 4 rings (SSSR count). The summed E-state index contributed by atoms with van der Waals surface area (Å²) in [5.74, 6) is -2.44. The Morgan fingerprint density at radius 2 is 1.63 bits per heavy atom. The van der Waals surface area contributed by atoms with Gasteiger partial charge in [0.1, 0.15) is 18.3 Å². The lowest BCUT2D eigenvalue weighted by molar-refractivity contribution is -0.0474. The molecule has 198 valence electrons. The maximum atomic E-state index is 12.3. The number of aliphatic hydroxyl groups excluding tert-OH is 1. The minimum atomic E-state index is -1.09. The largest absolute Gasteiger partial charge is 0.478 e. The highest BCUT2D eigenvalue weighted by molar-refractivity contribution is 5.90. The molecule has 0 saturated carbocycles. The van der Waals surface area contributed by atoms with Crippen molar-refractivity contribution in [2.45, 2.75) is 56.7 Å². The lowest BCUT2D eigenvalue weighted by Gasteiger charge is -2.25. The van der Waals surface area contributed by atoms with E-state index in [9.17, 15) is 24.9 Å². The summed E-state index contributed by atoms with van der Waals surface area (Å²) in [4.78, 5) is 24.1.